The Morgan fingerprint density at radius 3 is 2.71 bits per heavy atom. The number of methoxy groups -OCH3 is 1. The van der Waals surface area contributed by atoms with Crippen molar-refractivity contribution in [3.63, 3.8) is 0 Å². The first kappa shape index (κ1) is 18.5. The highest BCUT2D eigenvalue weighted by molar-refractivity contribution is 7.73. The maximum absolute atomic E-state index is 13.7. The van der Waals surface area contributed by atoms with Gasteiger partial charge < -0.3 is 9.84 Å². The molecule has 1 N–H and O–H groups in total. The van der Waals surface area contributed by atoms with Crippen LogP contribution in [-0.4, -0.2) is 22.7 Å². The largest absolute Gasteiger partial charge is 0.497 e. The summed E-state index contributed by atoms with van der Waals surface area (Å²) in [5.41, 5.74) is 1.24. The third-order valence-electron chi connectivity index (χ3n) is 4.54. The molecule has 4 rings (SSSR count). The molecule has 8 heteroatoms. The van der Waals surface area contributed by atoms with E-state index in [0.717, 1.165) is 22.6 Å². The van der Waals surface area contributed by atoms with Crippen molar-refractivity contribution in [3.05, 3.63) is 73.3 Å². The molecule has 0 fully saturated rings. The van der Waals surface area contributed by atoms with Crippen LogP contribution in [0.2, 0.25) is 0 Å². The Labute approximate surface area is 168 Å². The van der Waals surface area contributed by atoms with Gasteiger partial charge in [0.25, 0.3) is 5.91 Å². The predicted molar refractivity (Wildman–Crippen MR) is 106 cm³/mol. The lowest BCUT2D eigenvalue weighted by Gasteiger charge is -2.07. The number of carbonyl (C=O) groups excluding carboxylic acids is 1. The average Bonchev–Trinajstić information content (AvgIpc) is 3.15. The van der Waals surface area contributed by atoms with E-state index in [4.69, 9.17) is 17.0 Å². The molecule has 0 atom stereocenters. The molecular weight excluding hydrogens is 399 g/mol. The zero-order valence-corrected chi connectivity index (χ0v) is 16.4. The molecule has 0 aliphatic carbocycles. The first-order chi connectivity index (χ1) is 13.5. The zero-order valence-electron chi connectivity index (χ0n) is 14.8. The fraction of sp³-hybridized carbons (Fsp3) is 0.150. The zero-order chi connectivity index (χ0) is 19.8. The quantitative estimate of drug-likeness (QED) is 0.652. The summed E-state index contributed by atoms with van der Waals surface area (Å²) in [6.07, 6.45) is 0.640. The average molecular weight is 414 g/mol. The van der Waals surface area contributed by atoms with Crippen LogP contribution in [-0.2, 0) is 17.8 Å². The number of hydrogen-bond acceptors (Lipinski definition) is 5. The van der Waals surface area contributed by atoms with Crippen LogP contribution in [0.25, 0.3) is 5.57 Å². The van der Waals surface area contributed by atoms with Crippen LogP contribution < -0.4 is 15.3 Å². The number of carbonyl (C=O) groups is 1. The molecule has 142 valence electrons. The molecule has 0 unspecified atom stereocenters. The summed E-state index contributed by atoms with van der Waals surface area (Å²) in [6.45, 7) is 0.447. The van der Waals surface area contributed by atoms with E-state index in [1.54, 1.807) is 11.7 Å². The lowest BCUT2D eigenvalue weighted by Crippen LogP contribution is -2.23. The second-order valence-corrected chi connectivity index (χ2v) is 7.87. The van der Waals surface area contributed by atoms with Crippen molar-refractivity contribution in [2.75, 3.05) is 7.11 Å². The molecule has 0 saturated carbocycles. The normalized spacial score (nSPS) is 12.8. The lowest BCUT2D eigenvalue weighted by molar-refractivity contribution is -0.112. The molecule has 28 heavy (non-hydrogen) atoms. The van der Waals surface area contributed by atoms with Crippen molar-refractivity contribution in [2.45, 2.75) is 13.0 Å². The maximum Gasteiger partial charge on any atom is 0.279 e. The Bertz CT molecular complexity index is 1260. The van der Waals surface area contributed by atoms with Crippen molar-refractivity contribution in [3.8, 4) is 11.6 Å². The van der Waals surface area contributed by atoms with E-state index >= 15 is 0 Å². The van der Waals surface area contributed by atoms with Gasteiger partial charge in [-0.1, -0.05) is 12.1 Å². The second kappa shape index (κ2) is 7.29. The smallest absolute Gasteiger partial charge is 0.279 e. The van der Waals surface area contributed by atoms with Crippen molar-refractivity contribution < 1.29 is 19.0 Å². The third kappa shape index (κ3) is 3.25. The van der Waals surface area contributed by atoms with Crippen molar-refractivity contribution in [1.29, 1.82) is 0 Å². The molecule has 2 heterocycles. The second-order valence-electron chi connectivity index (χ2n) is 6.22. The molecule has 0 radical (unpaired) electrons. The predicted octanol–water partition coefficient (Wildman–Crippen LogP) is 2.73. The van der Waals surface area contributed by atoms with E-state index in [0.29, 0.717) is 32.4 Å². The van der Waals surface area contributed by atoms with Gasteiger partial charge in [0.15, 0.2) is 3.95 Å². The molecule has 1 aromatic heterocycles. The van der Waals surface area contributed by atoms with Crippen LogP contribution in [0.15, 0.2) is 47.5 Å². The number of nitrogens with zero attached hydrogens (tertiary/aromatic N) is 2. The minimum Gasteiger partial charge on any atom is -0.497 e. The number of hydrogen-bond donors (Lipinski definition) is 1. The van der Waals surface area contributed by atoms with Gasteiger partial charge in [-0.05, 0) is 54.5 Å². The van der Waals surface area contributed by atoms with Gasteiger partial charge in [0.2, 0.25) is 5.88 Å². The number of halogens is 1. The molecule has 0 spiro atoms. The van der Waals surface area contributed by atoms with Crippen LogP contribution in [0, 0.1) is 9.77 Å². The van der Waals surface area contributed by atoms with Crippen LogP contribution in [0.3, 0.4) is 0 Å². The van der Waals surface area contributed by atoms with Gasteiger partial charge >= 0.3 is 0 Å². The van der Waals surface area contributed by atoms with E-state index in [-0.39, 0.29) is 11.5 Å². The maximum atomic E-state index is 13.7. The molecule has 1 aliphatic heterocycles. The van der Waals surface area contributed by atoms with Gasteiger partial charge in [0.05, 0.1) is 18.0 Å². The highest BCUT2D eigenvalue weighted by Gasteiger charge is 2.25. The molecule has 2 aromatic carbocycles. The van der Waals surface area contributed by atoms with E-state index < -0.39 is 11.7 Å². The fourth-order valence-electron chi connectivity index (χ4n) is 3.10. The summed E-state index contributed by atoms with van der Waals surface area (Å²) >= 11 is 6.51. The van der Waals surface area contributed by atoms with E-state index in [1.807, 2.05) is 24.3 Å². The SMILES string of the molecule is COc1ccc(CCn2c(O)c(C3=c4cc(F)ccc4=NC3=O)sc2=S)cc1. The Morgan fingerprint density at radius 2 is 2.00 bits per heavy atom. The Hall–Kier alpha value is -2.84. The molecule has 1 amide bonds. The van der Waals surface area contributed by atoms with Gasteiger partial charge in [-0.15, -0.1) is 11.3 Å². The number of benzene rings is 2. The number of thiazole rings is 1. The van der Waals surface area contributed by atoms with Crippen LogP contribution >= 0.6 is 23.6 Å². The number of rotatable bonds is 5. The molecule has 0 bridgehead atoms. The Morgan fingerprint density at radius 1 is 1.25 bits per heavy atom. The summed E-state index contributed by atoms with van der Waals surface area (Å²) in [4.78, 5) is 16.6. The number of ether oxygens (including phenoxy) is 1. The van der Waals surface area contributed by atoms with Crippen molar-refractivity contribution in [2.24, 2.45) is 4.99 Å². The van der Waals surface area contributed by atoms with Gasteiger partial charge in [-0.3, -0.25) is 9.36 Å². The summed E-state index contributed by atoms with van der Waals surface area (Å²) in [6, 6.07) is 11.6. The molecule has 1 aliphatic rings. The monoisotopic (exact) mass is 414 g/mol. The minimum absolute atomic E-state index is 0.0980. The summed E-state index contributed by atoms with van der Waals surface area (Å²) in [7, 11) is 1.61. The van der Waals surface area contributed by atoms with E-state index in [1.165, 1.54) is 18.2 Å². The summed E-state index contributed by atoms with van der Waals surface area (Å²) in [5.74, 6) is -0.302. The standard InChI is InChI=1S/C20H15FN2O3S2/c1-26-13-5-2-11(3-6-13)8-9-23-19(25)17(28-20(23)27)16-14-10-12(21)4-7-15(14)22-18(16)24/h2-7,10,25H,8-9H2,1H3. The molecule has 3 aromatic rings. The van der Waals surface area contributed by atoms with Crippen molar-refractivity contribution >= 4 is 35.0 Å². The number of aryl methyl sites for hydroxylation is 1. The van der Waals surface area contributed by atoms with Gasteiger partial charge in [-0.25, -0.2) is 9.38 Å². The Kier molecular flexibility index (Phi) is 4.82. The number of aromatic nitrogens is 1. The lowest BCUT2D eigenvalue weighted by atomic mass is 10.1. The van der Waals surface area contributed by atoms with Gasteiger partial charge in [0, 0.05) is 11.8 Å². The summed E-state index contributed by atoms with van der Waals surface area (Å²) in [5, 5.41) is 11.5. The number of aromatic hydroxyl groups is 1. The van der Waals surface area contributed by atoms with E-state index in [2.05, 4.69) is 4.99 Å². The first-order valence-corrected chi connectivity index (χ1v) is 9.69. The number of fused-ring (bicyclic) bond motifs is 1. The fourth-order valence-corrected chi connectivity index (χ4v) is 4.49. The third-order valence-corrected chi connectivity index (χ3v) is 6.00. The Balaban J connectivity index is 1.70. The molecular formula is C20H15FN2O3S2. The van der Waals surface area contributed by atoms with Crippen molar-refractivity contribution in [1.82, 2.24) is 4.57 Å². The van der Waals surface area contributed by atoms with Crippen LogP contribution in [0.1, 0.15) is 10.4 Å². The summed E-state index contributed by atoms with van der Waals surface area (Å²) < 4.78 is 20.8. The topological polar surface area (TPSA) is 63.8 Å². The van der Waals surface area contributed by atoms with E-state index in [9.17, 15) is 14.3 Å². The molecule has 5 nitrogen and oxygen atoms in total. The van der Waals surface area contributed by atoms with Crippen LogP contribution in [0.4, 0.5) is 4.39 Å². The highest BCUT2D eigenvalue weighted by atomic mass is 32.1. The minimum atomic E-state index is -0.505. The van der Waals surface area contributed by atoms with Crippen LogP contribution in [0.5, 0.6) is 11.6 Å². The highest BCUT2D eigenvalue weighted by Crippen LogP contribution is 2.32. The van der Waals surface area contributed by atoms with Gasteiger partial charge in [0.1, 0.15) is 16.4 Å². The van der Waals surface area contributed by atoms with Gasteiger partial charge in [-0.2, -0.15) is 0 Å². The molecule has 0 saturated heterocycles. The first-order valence-electron chi connectivity index (χ1n) is 8.47. The number of amides is 1.